The number of hydrogen-bond donors (Lipinski definition) is 1. The van der Waals surface area contributed by atoms with E-state index >= 15 is 0 Å². The highest BCUT2D eigenvalue weighted by Gasteiger charge is 1.99. The minimum Gasteiger partial charge on any atom is -0.545 e. The summed E-state index contributed by atoms with van der Waals surface area (Å²) in [6.45, 7) is 1.65. The molecule has 0 fully saturated rings. The van der Waals surface area contributed by atoms with Crippen molar-refractivity contribution in [3.8, 4) is 0 Å². The van der Waals surface area contributed by atoms with Crippen LogP contribution in [0.25, 0.3) is 0 Å². The smallest absolute Gasteiger partial charge is 0.0718 e. The highest BCUT2D eigenvalue weighted by Crippen LogP contribution is 2.13. The lowest BCUT2D eigenvalue weighted by molar-refractivity contribution is -0.255. The number of rotatable bonds is 1. The fourth-order valence-corrected chi connectivity index (χ4v) is 0.875. The van der Waals surface area contributed by atoms with Gasteiger partial charge in [-0.25, -0.2) is 0 Å². The highest BCUT2D eigenvalue weighted by molar-refractivity contribution is 5.89. The average Bonchev–Trinajstić information content (AvgIpc) is 1.94. The van der Waals surface area contributed by atoms with Gasteiger partial charge in [0.1, 0.15) is 0 Å². The van der Waals surface area contributed by atoms with Gasteiger partial charge in [0.25, 0.3) is 0 Å². The summed E-state index contributed by atoms with van der Waals surface area (Å²) in [5.41, 5.74) is 6.67. The van der Waals surface area contributed by atoms with Crippen molar-refractivity contribution in [1.29, 1.82) is 0 Å². The van der Waals surface area contributed by atoms with Crippen molar-refractivity contribution in [2.75, 3.05) is 5.73 Å². The number of hydrogen-bond acceptors (Lipinski definition) is 3. The van der Waals surface area contributed by atoms with Gasteiger partial charge in [-0.2, -0.15) is 0 Å². The van der Waals surface area contributed by atoms with Crippen molar-refractivity contribution in [3.05, 3.63) is 29.3 Å². The van der Waals surface area contributed by atoms with Gasteiger partial charge in [0.15, 0.2) is 0 Å². The van der Waals surface area contributed by atoms with E-state index < -0.39 is 5.97 Å². The molecule has 1 aromatic rings. The van der Waals surface area contributed by atoms with Crippen LogP contribution in [0.4, 0.5) is 5.69 Å². The molecule has 1 rings (SSSR count). The zero-order chi connectivity index (χ0) is 8.43. The van der Waals surface area contributed by atoms with Crippen LogP contribution in [0.15, 0.2) is 18.2 Å². The number of nitrogen functional groups attached to an aromatic ring is 1. The topological polar surface area (TPSA) is 66.2 Å². The number of carbonyl (C=O) groups excluding carboxylic acids is 1. The third kappa shape index (κ3) is 1.32. The van der Waals surface area contributed by atoms with Crippen molar-refractivity contribution < 1.29 is 9.90 Å². The Kier molecular flexibility index (Phi) is 1.81. The number of carbonyl (C=O) groups is 1. The number of benzene rings is 1. The maximum Gasteiger partial charge on any atom is 0.0718 e. The van der Waals surface area contributed by atoms with Crippen LogP contribution in [0, 0.1) is 6.92 Å². The van der Waals surface area contributed by atoms with Crippen LogP contribution in [-0.4, -0.2) is 5.97 Å². The molecular formula is C8H8NO2-. The molecule has 0 aliphatic heterocycles. The fraction of sp³-hybridized carbons (Fsp3) is 0.125. The van der Waals surface area contributed by atoms with E-state index in [1.807, 2.05) is 0 Å². The largest absolute Gasteiger partial charge is 0.545 e. The molecule has 0 unspecified atom stereocenters. The third-order valence-corrected chi connectivity index (χ3v) is 1.60. The first-order valence-corrected chi connectivity index (χ1v) is 3.19. The van der Waals surface area contributed by atoms with Gasteiger partial charge in [0.2, 0.25) is 0 Å². The number of nitrogens with two attached hydrogens (primary N) is 1. The Balaban J connectivity index is 3.27. The number of carboxylic acid groups (broad SMARTS) is 1. The van der Waals surface area contributed by atoms with E-state index in [0.29, 0.717) is 11.3 Å². The Morgan fingerprint density at radius 3 is 2.64 bits per heavy atom. The number of carboxylic acids is 1. The van der Waals surface area contributed by atoms with Crippen molar-refractivity contribution in [1.82, 2.24) is 0 Å². The van der Waals surface area contributed by atoms with Crippen LogP contribution in [0.1, 0.15) is 15.9 Å². The number of anilines is 1. The molecule has 0 saturated heterocycles. The van der Waals surface area contributed by atoms with Gasteiger partial charge in [0, 0.05) is 11.3 Å². The maximum absolute atomic E-state index is 10.4. The second-order valence-corrected chi connectivity index (χ2v) is 2.31. The molecule has 11 heavy (non-hydrogen) atoms. The first-order chi connectivity index (χ1) is 5.13. The molecular weight excluding hydrogens is 142 g/mol. The lowest BCUT2D eigenvalue weighted by Gasteiger charge is -2.07. The molecule has 0 amide bonds. The van der Waals surface area contributed by atoms with Crippen LogP contribution in [-0.2, 0) is 0 Å². The molecule has 3 nitrogen and oxygen atoms in total. The Morgan fingerprint density at radius 1 is 1.55 bits per heavy atom. The van der Waals surface area contributed by atoms with Crippen LogP contribution < -0.4 is 10.8 Å². The van der Waals surface area contributed by atoms with E-state index in [1.165, 1.54) is 6.07 Å². The summed E-state index contributed by atoms with van der Waals surface area (Å²) in [4.78, 5) is 10.4. The van der Waals surface area contributed by atoms with Crippen molar-refractivity contribution in [2.24, 2.45) is 0 Å². The van der Waals surface area contributed by atoms with Crippen LogP contribution in [0.2, 0.25) is 0 Å². The molecule has 0 aliphatic carbocycles. The molecule has 0 spiro atoms. The first kappa shape index (κ1) is 7.60. The average molecular weight is 150 g/mol. The van der Waals surface area contributed by atoms with Gasteiger partial charge >= 0.3 is 0 Å². The zero-order valence-corrected chi connectivity index (χ0v) is 6.13. The Morgan fingerprint density at radius 2 is 2.18 bits per heavy atom. The monoisotopic (exact) mass is 150 g/mol. The van der Waals surface area contributed by atoms with Crippen molar-refractivity contribution >= 4 is 11.7 Å². The molecule has 0 atom stereocenters. The summed E-state index contributed by atoms with van der Waals surface area (Å²) in [7, 11) is 0. The van der Waals surface area contributed by atoms with Gasteiger partial charge in [-0.3, -0.25) is 0 Å². The summed E-state index contributed by atoms with van der Waals surface area (Å²) in [5.74, 6) is -1.19. The van der Waals surface area contributed by atoms with E-state index in [-0.39, 0.29) is 5.56 Å². The molecule has 1 aromatic carbocycles. The van der Waals surface area contributed by atoms with Crippen LogP contribution >= 0.6 is 0 Å². The molecule has 2 N–H and O–H groups in total. The molecule has 0 heterocycles. The van der Waals surface area contributed by atoms with E-state index in [1.54, 1.807) is 19.1 Å². The molecule has 0 radical (unpaired) electrons. The molecule has 0 aliphatic rings. The minimum atomic E-state index is -1.19. The lowest BCUT2D eigenvalue weighted by Crippen LogP contribution is -2.23. The lowest BCUT2D eigenvalue weighted by atomic mass is 10.1. The van der Waals surface area contributed by atoms with E-state index in [4.69, 9.17) is 5.73 Å². The number of aromatic carboxylic acids is 1. The minimum absolute atomic E-state index is 0.157. The van der Waals surface area contributed by atoms with Crippen LogP contribution in [0.3, 0.4) is 0 Å². The van der Waals surface area contributed by atoms with E-state index in [9.17, 15) is 9.90 Å². The first-order valence-electron chi connectivity index (χ1n) is 3.19. The Bertz CT molecular complexity index is 294. The molecule has 0 saturated carbocycles. The van der Waals surface area contributed by atoms with E-state index in [0.717, 1.165) is 0 Å². The molecule has 3 heteroatoms. The predicted octanol–water partition coefficient (Wildman–Crippen LogP) is -0.0593. The van der Waals surface area contributed by atoms with Gasteiger partial charge in [-0.15, -0.1) is 0 Å². The second kappa shape index (κ2) is 2.62. The van der Waals surface area contributed by atoms with E-state index in [2.05, 4.69) is 0 Å². The van der Waals surface area contributed by atoms with Crippen molar-refractivity contribution in [2.45, 2.75) is 6.92 Å². The van der Waals surface area contributed by atoms with Gasteiger partial charge in [0.05, 0.1) is 5.97 Å². The summed E-state index contributed by atoms with van der Waals surface area (Å²) in [5, 5.41) is 10.4. The Hall–Kier alpha value is -1.51. The summed E-state index contributed by atoms with van der Waals surface area (Å²) >= 11 is 0. The van der Waals surface area contributed by atoms with Gasteiger partial charge in [-0.05, 0) is 18.6 Å². The van der Waals surface area contributed by atoms with Crippen molar-refractivity contribution in [3.63, 3.8) is 0 Å². The Labute approximate surface area is 64.5 Å². The molecule has 58 valence electrons. The quantitative estimate of drug-likeness (QED) is 0.570. The van der Waals surface area contributed by atoms with Gasteiger partial charge in [-0.1, -0.05) is 12.1 Å². The maximum atomic E-state index is 10.4. The standard InChI is InChI=1S/C8H9NO2/c1-5-6(8(10)11)3-2-4-7(5)9/h2-4H,9H2,1H3,(H,10,11)/p-1. The highest BCUT2D eigenvalue weighted by atomic mass is 16.4. The SMILES string of the molecule is Cc1c(N)cccc1C(=O)[O-]. The van der Waals surface area contributed by atoms with Crippen LogP contribution in [0.5, 0.6) is 0 Å². The molecule has 0 bridgehead atoms. The fourth-order valence-electron chi connectivity index (χ4n) is 0.875. The second-order valence-electron chi connectivity index (χ2n) is 2.31. The van der Waals surface area contributed by atoms with Gasteiger partial charge < -0.3 is 15.6 Å². The summed E-state index contributed by atoms with van der Waals surface area (Å²) < 4.78 is 0. The third-order valence-electron chi connectivity index (χ3n) is 1.60. The normalized spacial score (nSPS) is 9.55. The predicted molar refractivity (Wildman–Crippen MR) is 39.9 cm³/mol. The zero-order valence-electron chi connectivity index (χ0n) is 6.13. The summed E-state index contributed by atoms with van der Waals surface area (Å²) in [6, 6.07) is 4.72. The summed E-state index contributed by atoms with van der Waals surface area (Å²) in [6.07, 6.45) is 0. The molecule has 0 aromatic heterocycles.